The number of primary amides is 1. The van der Waals surface area contributed by atoms with E-state index in [1.807, 2.05) is 0 Å². The van der Waals surface area contributed by atoms with Crippen molar-refractivity contribution in [1.29, 1.82) is 0 Å². The molecule has 1 fully saturated rings. The van der Waals surface area contributed by atoms with Gasteiger partial charge in [-0.25, -0.2) is 4.39 Å². The molecule has 0 saturated carbocycles. The molecule has 0 spiro atoms. The molecule has 92 valence electrons. The number of hydrogen-bond acceptors (Lipinski definition) is 3. The molecule has 1 aliphatic heterocycles. The topological polar surface area (TPSA) is 66.6 Å². The molecule has 1 aliphatic rings. The number of amides is 1. The van der Waals surface area contributed by atoms with Crippen LogP contribution in [0, 0.1) is 5.82 Å². The van der Waals surface area contributed by atoms with Crippen molar-refractivity contribution in [2.75, 3.05) is 18.0 Å². The van der Waals surface area contributed by atoms with Crippen LogP contribution >= 0.6 is 15.9 Å². The van der Waals surface area contributed by atoms with Gasteiger partial charge in [0, 0.05) is 17.6 Å². The summed E-state index contributed by atoms with van der Waals surface area (Å²) in [5, 5.41) is 9.47. The Kier molecular flexibility index (Phi) is 3.35. The highest BCUT2D eigenvalue weighted by atomic mass is 79.9. The van der Waals surface area contributed by atoms with Crippen LogP contribution in [0.1, 0.15) is 16.8 Å². The Morgan fingerprint density at radius 1 is 1.59 bits per heavy atom. The first-order valence-electron chi connectivity index (χ1n) is 5.21. The average molecular weight is 303 g/mol. The summed E-state index contributed by atoms with van der Waals surface area (Å²) >= 11 is 3.18. The lowest BCUT2D eigenvalue weighted by atomic mass is 10.1. The molecule has 0 radical (unpaired) electrons. The quantitative estimate of drug-likeness (QED) is 0.864. The van der Waals surface area contributed by atoms with Gasteiger partial charge >= 0.3 is 0 Å². The molecule has 1 amide bonds. The number of β-amino-alcohol motifs (C(OH)–C–C–N with tert-alkyl or cyclic N) is 1. The molecule has 3 N–H and O–H groups in total. The molecule has 17 heavy (non-hydrogen) atoms. The number of aliphatic hydroxyl groups excluding tert-OH is 1. The van der Waals surface area contributed by atoms with E-state index in [0.29, 0.717) is 29.7 Å². The third-order valence-corrected chi connectivity index (χ3v) is 3.24. The van der Waals surface area contributed by atoms with Crippen LogP contribution < -0.4 is 10.6 Å². The smallest absolute Gasteiger partial charge is 0.253 e. The highest BCUT2D eigenvalue weighted by Crippen LogP contribution is 2.30. The van der Waals surface area contributed by atoms with Crippen LogP contribution in [-0.4, -0.2) is 30.2 Å². The Balaban J connectivity index is 2.47. The Morgan fingerprint density at radius 2 is 2.29 bits per heavy atom. The summed E-state index contributed by atoms with van der Waals surface area (Å²) in [6.07, 6.45) is 0.157. The number of benzene rings is 1. The van der Waals surface area contributed by atoms with Gasteiger partial charge in [-0.3, -0.25) is 4.79 Å². The zero-order valence-electron chi connectivity index (χ0n) is 8.99. The average Bonchev–Trinajstić information content (AvgIpc) is 2.62. The first-order valence-corrected chi connectivity index (χ1v) is 6.00. The summed E-state index contributed by atoms with van der Waals surface area (Å²) in [6, 6.07) is 2.84. The van der Waals surface area contributed by atoms with E-state index in [1.165, 1.54) is 6.07 Å². The van der Waals surface area contributed by atoms with Gasteiger partial charge in [0.2, 0.25) is 0 Å². The van der Waals surface area contributed by atoms with Gasteiger partial charge in [-0.15, -0.1) is 0 Å². The molecule has 4 nitrogen and oxygen atoms in total. The number of aliphatic hydroxyl groups is 1. The number of nitrogens with zero attached hydrogens (tertiary/aromatic N) is 1. The minimum atomic E-state index is -0.800. The molecule has 0 unspecified atom stereocenters. The number of nitrogens with two attached hydrogens (primary N) is 1. The van der Waals surface area contributed by atoms with Gasteiger partial charge < -0.3 is 15.7 Å². The van der Waals surface area contributed by atoms with E-state index in [2.05, 4.69) is 15.9 Å². The third kappa shape index (κ3) is 2.42. The van der Waals surface area contributed by atoms with Crippen molar-refractivity contribution in [3.63, 3.8) is 0 Å². The molecule has 1 aromatic rings. The van der Waals surface area contributed by atoms with Crippen LogP contribution in [0.4, 0.5) is 10.1 Å². The lowest BCUT2D eigenvalue weighted by Gasteiger charge is -2.21. The molecule has 1 aromatic carbocycles. The van der Waals surface area contributed by atoms with Crippen molar-refractivity contribution in [1.82, 2.24) is 0 Å². The molecule has 0 aromatic heterocycles. The van der Waals surface area contributed by atoms with Crippen LogP contribution in [0.5, 0.6) is 0 Å². The zero-order valence-corrected chi connectivity index (χ0v) is 10.6. The van der Waals surface area contributed by atoms with Crippen LogP contribution in [0.25, 0.3) is 0 Å². The van der Waals surface area contributed by atoms with E-state index in [9.17, 15) is 14.3 Å². The Bertz CT molecular complexity index is 467. The van der Waals surface area contributed by atoms with Gasteiger partial charge in [0.1, 0.15) is 5.82 Å². The van der Waals surface area contributed by atoms with Crippen LogP contribution in [-0.2, 0) is 0 Å². The third-order valence-electron chi connectivity index (χ3n) is 2.78. The molecular weight excluding hydrogens is 291 g/mol. The second-order valence-corrected chi connectivity index (χ2v) is 4.95. The Labute approximate surface area is 106 Å². The summed E-state index contributed by atoms with van der Waals surface area (Å²) in [5.74, 6) is -1.45. The minimum Gasteiger partial charge on any atom is -0.391 e. The predicted octanol–water partition coefficient (Wildman–Crippen LogP) is 1.26. The summed E-state index contributed by atoms with van der Waals surface area (Å²) in [6.45, 7) is 0.966. The molecule has 0 bridgehead atoms. The fraction of sp³-hybridized carbons (Fsp3) is 0.364. The fourth-order valence-corrected chi connectivity index (χ4v) is 2.43. The summed E-state index contributed by atoms with van der Waals surface area (Å²) in [4.78, 5) is 13.0. The van der Waals surface area contributed by atoms with Crippen LogP contribution in [0.2, 0.25) is 0 Å². The number of carbonyl (C=O) groups is 1. The van der Waals surface area contributed by atoms with Gasteiger partial charge in [-0.2, -0.15) is 0 Å². The lowest BCUT2D eigenvalue weighted by Crippen LogP contribution is -2.26. The SMILES string of the molecule is NC(=O)c1c(F)cc(Br)cc1N1CC[C@H](O)C1. The van der Waals surface area contributed by atoms with E-state index in [0.717, 1.165) is 0 Å². The number of halogens is 2. The van der Waals surface area contributed by atoms with Crippen molar-refractivity contribution in [3.8, 4) is 0 Å². The van der Waals surface area contributed by atoms with Gasteiger partial charge in [-0.1, -0.05) is 15.9 Å². The molecule has 2 rings (SSSR count). The van der Waals surface area contributed by atoms with Crippen LogP contribution in [0.15, 0.2) is 16.6 Å². The lowest BCUT2D eigenvalue weighted by molar-refractivity contribution is 0.0997. The van der Waals surface area contributed by atoms with E-state index in [-0.39, 0.29) is 5.56 Å². The van der Waals surface area contributed by atoms with Crippen molar-refractivity contribution in [3.05, 3.63) is 28.0 Å². The first-order chi connectivity index (χ1) is 7.99. The number of rotatable bonds is 2. The van der Waals surface area contributed by atoms with Crippen molar-refractivity contribution in [2.45, 2.75) is 12.5 Å². The summed E-state index contributed by atoms with van der Waals surface area (Å²) in [5.41, 5.74) is 5.49. The maximum atomic E-state index is 13.7. The number of hydrogen-bond donors (Lipinski definition) is 2. The van der Waals surface area contributed by atoms with Crippen molar-refractivity contribution < 1.29 is 14.3 Å². The summed E-state index contributed by atoms with van der Waals surface area (Å²) in [7, 11) is 0. The molecule has 1 saturated heterocycles. The van der Waals surface area contributed by atoms with Gasteiger partial charge in [0.15, 0.2) is 0 Å². The van der Waals surface area contributed by atoms with E-state index < -0.39 is 17.8 Å². The zero-order chi connectivity index (χ0) is 12.6. The predicted molar refractivity (Wildman–Crippen MR) is 65.5 cm³/mol. The monoisotopic (exact) mass is 302 g/mol. The number of carbonyl (C=O) groups excluding carboxylic acids is 1. The fourth-order valence-electron chi connectivity index (χ4n) is 2.01. The van der Waals surface area contributed by atoms with Crippen molar-refractivity contribution >= 4 is 27.5 Å². The first kappa shape index (κ1) is 12.3. The molecule has 1 heterocycles. The summed E-state index contributed by atoms with van der Waals surface area (Å²) < 4.78 is 14.2. The minimum absolute atomic E-state index is 0.123. The maximum absolute atomic E-state index is 13.7. The normalized spacial score (nSPS) is 19.7. The van der Waals surface area contributed by atoms with Gasteiger partial charge in [0.05, 0.1) is 17.4 Å². The highest BCUT2D eigenvalue weighted by Gasteiger charge is 2.26. The van der Waals surface area contributed by atoms with Gasteiger partial charge in [0.25, 0.3) is 5.91 Å². The molecule has 6 heteroatoms. The van der Waals surface area contributed by atoms with E-state index in [1.54, 1.807) is 11.0 Å². The molecule has 1 atom stereocenters. The van der Waals surface area contributed by atoms with Crippen LogP contribution in [0.3, 0.4) is 0 Å². The van der Waals surface area contributed by atoms with E-state index in [4.69, 9.17) is 5.73 Å². The van der Waals surface area contributed by atoms with Gasteiger partial charge in [-0.05, 0) is 18.6 Å². The second kappa shape index (κ2) is 4.62. The van der Waals surface area contributed by atoms with E-state index >= 15 is 0 Å². The molecular formula is C11H12BrFN2O2. The largest absolute Gasteiger partial charge is 0.391 e. The van der Waals surface area contributed by atoms with Crippen molar-refractivity contribution in [2.24, 2.45) is 5.73 Å². The Morgan fingerprint density at radius 3 is 2.82 bits per heavy atom. The second-order valence-electron chi connectivity index (χ2n) is 4.03. The Hall–Kier alpha value is -1.14. The highest BCUT2D eigenvalue weighted by molar-refractivity contribution is 9.10. The number of anilines is 1. The molecule has 0 aliphatic carbocycles. The maximum Gasteiger partial charge on any atom is 0.253 e. The standard InChI is InChI=1S/C11H12BrFN2O2/c12-6-3-8(13)10(11(14)17)9(4-6)15-2-1-7(16)5-15/h3-4,7,16H,1-2,5H2,(H2,14,17)/t7-/m0/s1.